The van der Waals surface area contributed by atoms with Crippen LogP contribution in [0.1, 0.15) is 17.5 Å². The van der Waals surface area contributed by atoms with Gasteiger partial charge in [-0.3, -0.25) is 9.59 Å². The largest absolute Gasteiger partial charge is 0.373 e. The van der Waals surface area contributed by atoms with Gasteiger partial charge in [0, 0.05) is 10.2 Å². The number of hydrogen-bond donors (Lipinski definition) is 1. The molecule has 118 valence electrons. The Morgan fingerprint density at radius 3 is 2.43 bits per heavy atom. The fourth-order valence-corrected chi connectivity index (χ4v) is 3.07. The number of halogens is 1. The molecular weight excluding hydrogens is 356 g/mol. The molecule has 0 aromatic heterocycles. The minimum Gasteiger partial charge on any atom is -0.373 e. The van der Waals surface area contributed by atoms with Gasteiger partial charge in [-0.25, -0.2) is 4.90 Å². The van der Waals surface area contributed by atoms with E-state index in [1.165, 1.54) is 4.90 Å². The fourth-order valence-electron chi connectivity index (χ4n) is 2.80. The van der Waals surface area contributed by atoms with Crippen LogP contribution in [0, 0.1) is 13.8 Å². The van der Waals surface area contributed by atoms with Crippen molar-refractivity contribution in [1.82, 2.24) is 0 Å². The van der Waals surface area contributed by atoms with E-state index in [9.17, 15) is 9.59 Å². The highest BCUT2D eigenvalue weighted by Gasteiger charge is 2.40. The number of rotatable bonds is 3. The third kappa shape index (κ3) is 3.15. The van der Waals surface area contributed by atoms with Gasteiger partial charge in [0.25, 0.3) is 5.91 Å². The van der Waals surface area contributed by atoms with E-state index < -0.39 is 6.04 Å². The van der Waals surface area contributed by atoms with Gasteiger partial charge in [-0.05, 0) is 49.7 Å². The van der Waals surface area contributed by atoms with Crippen LogP contribution < -0.4 is 10.2 Å². The van der Waals surface area contributed by atoms with Crippen LogP contribution in [0.3, 0.4) is 0 Å². The molecule has 1 heterocycles. The third-order valence-corrected chi connectivity index (χ3v) is 4.45. The number of aryl methyl sites for hydroxylation is 2. The molecule has 0 unspecified atom stereocenters. The second-order valence-electron chi connectivity index (χ2n) is 5.77. The minimum atomic E-state index is -0.524. The molecule has 0 saturated carbocycles. The van der Waals surface area contributed by atoms with Crippen LogP contribution in [0.15, 0.2) is 46.9 Å². The van der Waals surface area contributed by atoms with E-state index in [-0.39, 0.29) is 18.2 Å². The summed E-state index contributed by atoms with van der Waals surface area (Å²) in [5, 5.41) is 3.15. The number of hydrogen-bond acceptors (Lipinski definition) is 3. The van der Waals surface area contributed by atoms with Crippen LogP contribution in [-0.4, -0.2) is 17.9 Å². The quantitative estimate of drug-likeness (QED) is 0.833. The SMILES string of the molecule is Cc1ccc(N2C(=O)C[C@H](Nc3ccc(Br)cc3)C2=O)c(C)c1. The summed E-state index contributed by atoms with van der Waals surface area (Å²) in [6, 6.07) is 12.7. The van der Waals surface area contributed by atoms with Crippen LogP contribution in [0.5, 0.6) is 0 Å². The fraction of sp³-hybridized carbons (Fsp3) is 0.222. The van der Waals surface area contributed by atoms with Gasteiger partial charge in [-0.2, -0.15) is 0 Å². The second kappa shape index (κ2) is 6.16. The summed E-state index contributed by atoms with van der Waals surface area (Å²) in [5.74, 6) is -0.374. The molecule has 23 heavy (non-hydrogen) atoms. The van der Waals surface area contributed by atoms with Crippen molar-refractivity contribution < 1.29 is 9.59 Å². The zero-order chi connectivity index (χ0) is 16.6. The maximum Gasteiger partial charge on any atom is 0.256 e. The molecular formula is C18H17BrN2O2. The first-order chi connectivity index (χ1) is 11.0. The van der Waals surface area contributed by atoms with E-state index in [0.29, 0.717) is 5.69 Å². The molecule has 4 nitrogen and oxygen atoms in total. The molecule has 0 aliphatic carbocycles. The normalized spacial score (nSPS) is 17.7. The summed E-state index contributed by atoms with van der Waals surface area (Å²) in [4.78, 5) is 26.3. The van der Waals surface area contributed by atoms with Crippen LogP contribution in [0.2, 0.25) is 0 Å². The van der Waals surface area contributed by atoms with E-state index in [1.807, 2.05) is 56.3 Å². The molecule has 1 saturated heterocycles. The number of anilines is 2. The van der Waals surface area contributed by atoms with Crippen molar-refractivity contribution in [1.29, 1.82) is 0 Å². The van der Waals surface area contributed by atoms with Gasteiger partial charge in [-0.15, -0.1) is 0 Å². The lowest BCUT2D eigenvalue weighted by atomic mass is 10.1. The van der Waals surface area contributed by atoms with Crippen molar-refractivity contribution in [3.8, 4) is 0 Å². The molecule has 0 spiro atoms. The molecule has 1 aliphatic heterocycles. The molecule has 2 aromatic rings. The molecule has 3 rings (SSSR count). The second-order valence-corrected chi connectivity index (χ2v) is 6.68. The summed E-state index contributed by atoms with van der Waals surface area (Å²) < 4.78 is 0.966. The summed E-state index contributed by atoms with van der Waals surface area (Å²) in [6.45, 7) is 3.90. The predicted molar refractivity (Wildman–Crippen MR) is 94.6 cm³/mol. The lowest BCUT2D eigenvalue weighted by Crippen LogP contribution is -2.35. The number of nitrogens with one attached hydrogen (secondary N) is 1. The van der Waals surface area contributed by atoms with Crippen molar-refractivity contribution in [2.45, 2.75) is 26.3 Å². The van der Waals surface area contributed by atoms with Crippen molar-refractivity contribution in [2.24, 2.45) is 0 Å². The summed E-state index contributed by atoms with van der Waals surface area (Å²) in [7, 11) is 0. The smallest absolute Gasteiger partial charge is 0.256 e. The Kier molecular flexibility index (Phi) is 4.22. The van der Waals surface area contributed by atoms with Gasteiger partial charge in [-0.1, -0.05) is 33.6 Å². The Hall–Kier alpha value is -2.14. The van der Waals surface area contributed by atoms with Crippen molar-refractivity contribution >= 4 is 39.1 Å². The van der Waals surface area contributed by atoms with Crippen LogP contribution in [0.4, 0.5) is 11.4 Å². The van der Waals surface area contributed by atoms with E-state index >= 15 is 0 Å². The van der Waals surface area contributed by atoms with E-state index in [0.717, 1.165) is 21.3 Å². The number of nitrogens with zero attached hydrogens (tertiary/aromatic N) is 1. The first-order valence-corrected chi connectivity index (χ1v) is 8.21. The topological polar surface area (TPSA) is 49.4 Å². The van der Waals surface area contributed by atoms with Crippen molar-refractivity contribution in [3.05, 3.63) is 58.1 Å². The summed E-state index contributed by atoms with van der Waals surface area (Å²) in [6.07, 6.45) is 0.169. The Bertz CT molecular complexity index is 771. The van der Waals surface area contributed by atoms with Gasteiger partial charge >= 0.3 is 0 Å². The van der Waals surface area contributed by atoms with Gasteiger partial charge in [0.05, 0.1) is 12.1 Å². The lowest BCUT2D eigenvalue weighted by molar-refractivity contribution is -0.121. The number of amides is 2. The van der Waals surface area contributed by atoms with Gasteiger partial charge in [0.15, 0.2) is 0 Å². The Morgan fingerprint density at radius 2 is 1.78 bits per heavy atom. The molecule has 2 aromatic carbocycles. The molecule has 1 fully saturated rings. The molecule has 5 heteroatoms. The Morgan fingerprint density at radius 1 is 1.09 bits per heavy atom. The van der Waals surface area contributed by atoms with Crippen LogP contribution in [0.25, 0.3) is 0 Å². The van der Waals surface area contributed by atoms with Gasteiger partial charge < -0.3 is 5.32 Å². The van der Waals surface area contributed by atoms with E-state index in [4.69, 9.17) is 0 Å². The maximum absolute atomic E-state index is 12.7. The van der Waals surface area contributed by atoms with Crippen molar-refractivity contribution in [3.63, 3.8) is 0 Å². The highest BCUT2D eigenvalue weighted by atomic mass is 79.9. The minimum absolute atomic E-state index is 0.169. The Labute approximate surface area is 143 Å². The molecule has 1 atom stereocenters. The summed E-state index contributed by atoms with van der Waals surface area (Å²) in [5.41, 5.74) is 3.53. The number of benzene rings is 2. The lowest BCUT2D eigenvalue weighted by Gasteiger charge is -2.18. The van der Waals surface area contributed by atoms with Crippen LogP contribution >= 0.6 is 15.9 Å². The monoisotopic (exact) mass is 372 g/mol. The average Bonchev–Trinajstić information content (AvgIpc) is 2.77. The van der Waals surface area contributed by atoms with E-state index in [1.54, 1.807) is 0 Å². The Balaban J connectivity index is 1.83. The average molecular weight is 373 g/mol. The predicted octanol–water partition coefficient (Wildman–Crippen LogP) is 3.81. The maximum atomic E-state index is 12.7. The highest BCUT2D eigenvalue weighted by Crippen LogP contribution is 2.28. The zero-order valence-corrected chi connectivity index (χ0v) is 14.6. The first kappa shape index (κ1) is 15.7. The molecule has 1 N–H and O–H groups in total. The van der Waals surface area contributed by atoms with Gasteiger partial charge in [0.1, 0.15) is 6.04 Å². The highest BCUT2D eigenvalue weighted by molar-refractivity contribution is 9.10. The summed E-state index contributed by atoms with van der Waals surface area (Å²) >= 11 is 3.38. The first-order valence-electron chi connectivity index (χ1n) is 7.42. The van der Waals surface area contributed by atoms with Crippen molar-refractivity contribution in [2.75, 3.05) is 10.2 Å². The van der Waals surface area contributed by atoms with Crippen LogP contribution in [-0.2, 0) is 9.59 Å². The number of carbonyl (C=O) groups excluding carboxylic acids is 2. The van der Waals surface area contributed by atoms with Gasteiger partial charge in [0.2, 0.25) is 5.91 Å². The van der Waals surface area contributed by atoms with E-state index in [2.05, 4.69) is 21.2 Å². The molecule has 1 aliphatic rings. The zero-order valence-electron chi connectivity index (χ0n) is 13.0. The standard InChI is InChI=1S/C18H17BrN2O2/c1-11-3-8-16(12(2)9-11)21-17(22)10-15(18(21)23)20-14-6-4-13(19)5-7-14/h3-9,15,20H,10H2,1-2H3/t15-/m0/s1. The molecule has 0 radical (unpaired) electrons. The molecule has 0 bridgehead atoms. The number of carbonyl (C=O) groups is 2. The third-order valence-electron chi connectivity index (χ3n) is 3.92. The number of imide groups is 1. The molecule has 2 amide bonds.